The van der Waals surface area contributed by atoms with E-state index in [9.17, 15) is 49.3 Å². The minimum absolute atomic E-state index is 0.00474. The summed E-state index contributed by atoms with van der Waals surface area (Å²) in [6.07, 6.45) is 1.87. The number of benzene rings is 1. The molecular formula is C40H50FN3O16. The fraction of sp³-hybridized carbons (Fsp3) is 0.625. The molecule has 0 spiro atoms. The average molecular weight is 848 g/mol. The van der Waals surface area contributed by atoms with E-state index in [0.29, 0.717) is 24.0 Å². The van der Waals surface area contributed by atoms with Gasteiger partial charge in [0.1, 0.15) is 11.8 Å². The van der Waals surface area contributed by atoms with Crippen LogP contribution in [0.4, 0.5) is 9.18 Å². The number of halogens is 1. The molecule has 1 aromatic rings. The first-order chi connectivity index (χ1) is 28.3. The largest absolute Gasteiger partial charge is 0.514 e. The van der Waals surface area contributed by atoms with Crippen molar-refractivity contribution < 1.29 is 72.3 Å². The molecule has 20 heteroatoms. The lowest BCUT2D eigenvalue weighted by Gasteiger charge is -2.62. The number of hydrogen-bond acceptors (Lipinski definition) is 17. The zero-order chi connectivity index (χ0) is 44.0. The van der Waals surface area contributed by atoms with Crippen molar-refractivity contribution in [3.8, 4) is 5.75 Å². The van der Waals surface area contributed by atoms with Crippen molar-refractivity contribution in [3.05, 3.63) is 73.9 Å². The maximum atomic E-state index is 17.8. The quantitative estimate of drug-likeness (QED) is 0.0378. The number of ether oxygens (including phenoxy) is 4. The van der Waals surface area contributed by atoms with Gasteiger partial charge in [0.25, 0.3) is 10.2 Å². The molecule has 0 aliphatic heterocycles. The number of carbonyl (C=O) groups is 5. The van der Waals surface area contributed by atoms with Gasteiger partial charge in [0.15, 0.2) is 23.7 Å². The number of aliphatic hydroxyl groups is 1. The number of alkyl halides is 1. The van der Waals surface area contributed by atoms with Gasteiger partial charge in [-0.1, -0.05) is 43.7 Å². The molecule has 328 valence electrons. The summed E-state index contributed by atoms with van der Waals surface area (Å²) in [6.45, 7) is 3.46. The molecule has 2 saturated carbocycles. The number of unbranched alkanes of at least 4 members (excludes halogenated alkanes) is 1. The maximum Gasteiger partial charge on any atom is 0.514 e. The third-order valence-corrected chi connectivity index (χ3v) is 12.7. The van der Waals surface area contributed by atoms with E-state index < -0.39 is 99.3 Å². The minimum Gasteiger partial charge on any atom is -0.465 e. The van der Waals surface area contributed by atoms with Crippen molar-refractivity contribution in [1.82, 2.24) is 0 Å². The molecule has 4 aliphatic carbocycles. The number of aliphatic hydroxyl groups excluding tert-OH is 1. The highest BCUT2D eigenvalue weighted by atomic mass is 19.1. The molecular weight excluding hydrogens is 797 g/mol. The van der Waals surface area contributed by atoms with Crippen LogP contribution in [0.3, 0.4) is 0 Å². The number of hydrogen-bond donors (Lipinski definition) is 2. The van der Waals surface area contributed by atoms with E-state index >= 15 is 4.39 Å². The van der Waals surface area contributed by atoms with Gasteiger partial charge in [-0.3, -0.25) is 19.2 Å². The summed E-state index contributed by atoms with van der Waals surface area (Å²) in [5.74, 6) is -4.89. The maximum absolute atomic E-state index is 17.8. The van der Waals surface area contributed by atoms with Crippen molar-refractivity contribution in [3.63, 3.8) is 0 Å². The number of allylic oxidation sites excluding steroid dienone is 4. The van der Waals surface area contributed by atoms with Crippen molar-refractivity contribution in [2.24, 2.45) is 34.3 Å². The van der Waals surface area contributed by atoms with Gasteiger partial charge in [0.2, 0.25) is 5.78 Å². The first-order valence-electron chi connectivity index (χ1n) is 19.7. The number of Topliss-reactive ketones (excluding diaryl/α,β-unsaturated/α-hetero) is 1. The molecule has 0 bridgehead atoms. The fourth-order valence-electron chi connectivity index (χ4n) is 9.90. The molecule has 60 heavy (non-hydrogen) atoms. The third kappa shape index (κ3) is 8.98. The van der Waals surface area contributed by atoms with Gasteiger partial charge in [-0.15, -0.1) is 20.2 Å². The lowest BCUT2D eigenvalue weighted by Crippen LogP contribution is -2.69. The summed E-state index contributed by atoms with van der Waals surface area (Å²) in [7, 11) is 0. The summed E-state index contributed by atoms with van der Waals surface area (Å²) in [6, 6.07) is 4.83. The van der Waals surface area contributed by atoms with Crippen LogP contribution in [0, 0.1) is 48.8 Å². The first-order valence-corrected chi connectivity index (χ1v) is 19.7. The Morgan fingerprint density at radius 3 is 2.30 bits per heavy atom. The smallest absolute Gasteiger partial charge is 0.465 e. The van der Waals surface area contributed by atoms with E-state index in [2.05, 4.69) is 9.68 Å². The van der Waals surface area contributed by atoms with Gasteiger partial charge in [-0.25, -0.2) is 9.18 Å². The molecule has 0 amide bonds. The SMILES string of the molecule is C[C@@H]1CC2C3CC=C4CC(=O)C=C[C@]4(C)[C@@]3(F)[C@@H](O)C[C@]2(C)[C@@]1(OC(=O)CCCO[N+](=O)[O-])C(=O)COC(=O)Oc1ccc(C[C@H](N)C(=O)OCCCCO[N+](=O)[O-])cc1. The number of carbonyl (C=O) groups excluding carboxylic acids is 5. The van der Waals surface area contributed by atoms with Gasteiger partial charge in [0, 0.05) is 35.5 Å². The standard InChI is InChI=1S/C40H50FN3O16/c1-24-19-30-29-13-10-26-21-27(45)14-15-37(26,2)39(29,41)32(46)22-38(30,3)40(24,60-34(48)7-6-18-58-44(53)54)33(47)23-56-36(50)59-28-11-8-25(9-12-28)20-31(42)35(49)55-16-4-5-17-57-43(51)52/h8-12,14-15,24,29-32,46H,4-7,13,16-23,42H2,1-3H3/t24-,29?,30?,31+,32+,37+,38+,39+,40+/m1/s1. The van der Waals surface area contributed by atoms with Gasteiger partial charge >= 0.3 is 18.1 Å². The fourth-order valence-corrected chi connectivity index (χ4v) is 9.90. The zero-order valence-electron chi connectivity index (χ0n) is 33.5. The number of nitrogens with zero attached hydrogens (tertiary/aromatic N) is 2. The van der Waals surface area contributed by atoms with Crippen LogP contribution < -0.4 is 10.5 Å². The predicted molar refractivity (Wildman–Crippen MR) is 202 cm³/mol. The van der Waals surface area contributed by atoms with Crippen LogP contribution in [0.25, 0.3) is 0 Å². The van der Waals surface area contributed by atoms with Gasteiger partial charge < -0.3 is 39.5 Å². The monoisotopic (exact) mass is 847 g/mol. The molecule has 2 fully saturated rings. The summed E-state index contributed by atoms with van der Waals surface area (Å²) < 4.78 is 39.5. The van der Waals surface area contributed by atoms with E-state index in [1.54, 1.807) is 20.8 Å². The second-order valence-corrected chi connectivity index (χ2v) is 16.2. The topological polar surface area (TPSA) is 273 Å². The summed E-state index contributed by atoms with van der Waals surface area (Å²) in [5.41, 5.74) is 0.102. The molecule has 3 N–H and O–H groups in total. The van der Waals surface area contributed by atoms with E-state index in [1.807, 2.05) is 6.08 Å². The van der Waals surface area contributed by atoms with Crippen LogP contribution >= 0.6 is 0 Å². The molecule has 4 aliphatic rings. The van der Waals surface area contributed by atoms with E-state index in [-0.39, 0.29) is 69.7 Å². The predicted octanol–water partition coefficient (Wildman–Crippen LogP) is 4.06. The molecule has 9 atom stereocenters. The van der Waals surface area contributed by atoms with Crippen LogP contribution in [0.2, 0.25) is 0 Å². The third-order valence-electron chi connectivity index (χ3n) is 12.7. The minimum atomic E-state index is -2.25. The Bertz CT molecular complexity index is 1910. The molecule has 5 rings (SSSR count). The lowest BCUT2D eigenvalue weighted by molar-refractivity contribution is -0.757. The summed E-state index contributed by atoms with van der Waals surface area (Å²) in [5, 5.41) is 30.8. The highest BCUT2D eigenvalue weighted by molar-refractivity contribution is 5.94. The van der Waals surface area contributed by atoms with Gasteiger partial charge in [0.05, 0.1) is 25.9 Å². The Balaban J connectivity index is 1.27. The zero-order valence-corrected chi connectivity index (χ0v) is 33.5. The van der Waals surface area contributed by atoms with Crippen LogP contribution in [0.5, 0.6) is 5.75 Å². The number of fused-ring (bicyclic) bond motifs is 5. The van der Waals surface area contributed by atoms with Crippen LogP contribution in [-0.4, -0.2) is 94.8 Å². The van der Waals surface area contributed by atoms with Crippen LogP contribution in [0.1, 0.15) is 77.7 Å². The number of nitrogens with two attached hydrogens (primary N) is 1. The second-order valence-electron chi connectivity index (χ2n) is 16.2. The highest BCUT2D eigenvalue weighted by Crippen LogP contribution is 2.71. The van der Waals surface area contributed by atoms with E-state index in [0.717, 1.165) is 0 Å². The Kier molecular flexibility index (Phi) is 14.0. The van der Waals surface area contributed by atoms with E-state index in [4.69, 9.17) is 24.7 Å². The van der Waals surface area contributed by atoms with E-state index in [1.165, 1.54) is 36.4 Å². The van der Waals surface area contributed by atoms with Crippen molar-refractivity contribution >= 4 is 29.7 Å². The summed E-state index contributed by atoms with van der Waals surface area (Å²) >= 11 is 0. The van der Waals surface area contributed by atoms with Gasteiger partial charge in [-0.05, 0) is 81.6 Å². The Morgan fingerprint density at radius 1 is 0.983 bits per heavy atom. The number of ketones is 2. The molecule has 1 aromatic carbocycles. The van der Waals surface area contributed by atoms with Crippen LogP contribution in [0.15, 0.2) is 48.1 Å². The summed E-state index contributed by atoms with van der Waals surface area (Å²) in [4.78, 5) is 94.8. The average Bonchev–Trinajstić information content (AvgIpc) is 3.40. The number of rotatable bonds is 19. The van der Waals surface area contributed by atoms with Crippen molar-refractivity contribution in [2.75, 3.05) is 26.4 Å². The first kappa shape index (κ1) is 45.6. The molecule has 0 heterocycles. The molecule has 19 nitrogen and oxygen atoms in total. The lowest BCUT2D eigenvalue weighted by atomic mass is 9.45. The van der Waals surface area contributed by atoms with Gasteiger partial charge in [-0.2, -0.15) is 0 Å². The highest BCUT2D eigenvalue weighted by Gasteiger charge is 2.77. The molecule has 0 saturated heterocycles. The Hall–Kier alpha value is -5.50. The van der Waals surface area contributed by atoms with Crippen LogP contribution in [-0.2, 0) is 49.5 Å². The Morgan fingerprint density at radius 2 is 1.63 bits per heavy atom. The van der Waals surface area contributed by atoms with Crippen molar-refractivity contribution in [1.29, 1.82) is 0 Å². The normalized spacial score (nSPS) is 30.6. The second kappa shape index (κ2) is 18.4. The Labute approximate surface area is 343 Å². The number of esters is 2. The van der Waals surface area contributed by atoms with Crippen molar-refractivity contribution in [2.45, 2.75) is 102 Å². The molecule has 0 radical (unpaired) electrons. The molecule has 0 aromatic heterocycles. The molecule has 2 unspecified atom stereocenters.